The second-order valence-electron chi connectivity index (χ2n) is 7.97. The fourth-order valence-electron chi connectivity index (χ4n) is 4.04. The summed E-state index contributed by atoms with van der Waals surface area (Å²) in [7, 11) is 3.59. The number of nitrogens with one attached hydrogen (secondary N) is 2. The van der Waals surface area contributed by atoms with Crippen LogP contribution in [0.3, 0.4) is 0 Å². The lowest BCUT2D eigenvalue weighted by Crippen LogP contribution is -2.43. The molecule has 6 nitrogen and oxygen atoms in total. The number of hydrogen-bond acceptors (Lipinski definition) is 4. The molecule has 1 aliphatic carbocycles. The van der Waals surface area contributed by atoms with Crippen molar-refractivity contribution in [2.24, 2.45) is 10.4 Å². The number of methoxy groups -OCH3 is 1. The van der Waals surface area contributed by atoms with Gasteiger partial charge in [-0.1, -0.05) is 49.2 Å². The lowest BCUT2D eigenvalue weighted by Gasteiger charge is -2.30. The summed E-state index contributed by atoms with van der Waals surface area (Å²) in [5, 5.41) is 6.94. The van der Waals surface area contributed by atoms with E-state index in [1.165, 1.54) is 25.7 Å². The highest BCUT2D eigenvalue weighted by Gasteiger charge is 2.33. The second kappa shape index (κ2) is 13.5. The molecule has 0 amide bonds. The predicted octanol–water partition coefficient (Wildman–Crippen LogP) is 4.54. The number of hydrogen-bond donors (Lipinski definition) is 2. The topological polar surface area (TPSA) is 67.8 Å². The Bertz CT molecular complexity index is 795. The van der Waals surface area contributed by atoms with Gasteiger partial charge in [-0.2, -0.15) is 0 Å². The number of aliphatic imine (C=N–C) groups is 1. The molecule has 1 fully saturated rings. The zero-order chi connectivity index (χ0) is 21.1. The molecule has 0 aliphatic heterocycles. The molecule has 1 aliphatic rings. The first kappa shape index (κ1) is 25.4. The maximum Gasteiger partial charge on any atom is 0.218 e. The van der Waals surface area contributed by atoms with Crippen LogP contribution in [0.15, 0.2) is 53.7 Å². The van der Waals surface area contributed by atoms with E-state index in [9.17, 15) is 0 Å². The van der Waals surface area contributed by atoms with Crippen LogP contribution in [0.5, 0.6) is 5.88 Å². The van der Waals surface area contributed by atoms with E-state index in [4.69, 9.17) is 9.47 Å². The van der Waals surface area contributed by atoms with Crippen molar-refractivity contribution >= 4 is 29.9 Å². The second-order valence-corrected chi connectivity index (χ2v) is 7.97. The molecule has 7 heteroatoms. The maximum atomic E-state index is 5.97. The minimum Gasteiger partial charge on any atom is -0.473 e. The summed E-state index contributed by atoms with van der Waals surface area (Å²) < 4.78 is 11.3. The van der Waals surface area contributed by atoms with Crippen LogP contribution in [0.25, 0.3) is 0 Å². The highest BCUT2D eigenvalue weighted by atomic mass is 127. The van der Waals surface area contributed by atoms with E-state index < -0.39 is 0 Å². The first-order valence-corrected chi connectivity index (χ1v) is 10.8. The van der Waals surface area contributed by atoms with Crippen LogP contribution in [0.4, 0.5) is 0 Å². The first-order chi connectivity index (χ1) is 14.7. The lowest BCUT2D eigenvalue weighted by molar-refractivity contribution is 0.138. The molecule has 1 aromatic heterocycles. The van der Waals surface area contributed by atoms with E-state index in [1.54, 1.807) is 13.3 Å². The van der Waals surface area contributed by atoms with Gasteiger partial charge in [0, 0.05) is 45.6 Å². The monoisotopic (exact) mass is 538 g/mol. The Morgan fingerprint density at radius 2 is 1.87 bits per heavy atom. The first-order valence-electron chi connectivity index (χ1n) is 10.8. The number of benzene rings is 1. The average molecular weight is 538 g/mol. The number of aromatic nitrogens is 1. The van der Waals surface area contributed by atoms with Crippen molar-refractivity contribution in [1.82, 2.24) is 15.6 Å². The zero-order valence-electron chi connectivity index (χ0n) is 18.6. The number of pyridine rings is 1. The highest BCUT2D eigenvalue weighted by molar-refractivity contribution is 14.0. The van der Waals surface area contributed by atoms with Crippen molar-refractivity contribution in [3.8, 4) is 5.88 Å². The molecule has 2 N–H and O–H groups in total. The van der Waals surface area contributed by atoms with Crippen molar-refractivity contribution in [3.05, 3.63) is 59.8 Å². The quantitative estimate of drug-likeness (QED) is 0.264. The number of nitrogens with zero attached hydrogens (tertiary/aromatic N) is 2. The summed E-state index contributed by atoms with van der Waals surface area (Å²) in [6.07, 6.45) is 7.95. The molecule has 1 saturated carbocycles. The molecule has 31 heavy (non-hydrogen) atoms. The molecule has 2 aromatic rings. The molecule has 3 rings (SSSR count). The largest absolute Gasteiger partial charge is 0.473 e. The van der Waals surface area contributed by atoms with Gasteiger partial charge in [-0.15, -0.1) is 24.0 Å². The third kappa shape index (κ3) is 7.96. The van der Waals surface area contributed by atoms with Crippen LogP contribution in [-0.4, -0.2) is 38.3 Å². The smallest absolute Gasteiger partial charge is 0.218 e. The third-order valence-corrected chi connectivity index (χ3v) is 5.87. The SMILES string of the molecule is CN=C(NCc1cccnc1OCc1ccccc1)NCC1(CCOC)CCCC1.I. The van der Waals surface area contributed by atoms with Gasteiger partial charge in [-0.3, -0.25) is 4.99 Å². The van der Waals surface area contributed by atoms with E-state index >= 15 is 0 Å². The van der Waals surface area contributed by atoms with Crippen molar-refractivity contribution < 1.29 is 9.47 Å². The molecule has 0 radical (unpaired) electrons. The van der Waals surface area contributed by atoms with Crippen LogP contribution in [0.1, 0.15) is 43.2 Å². The molecule has 1 heterocycles. The van der Waals surface area contributed by atoms with Crippen LogP contribution in [-0.2, 0) is 17.9 Å². The van der Waals surface area contributed by atoms with Gasteiger partial charge >= 0.3 is 0 Å². The van der Waals surface area contributed by atoms with Gasteiger partial charge in [0.05, 0.1) is 0 Å². The summed E-state index contributed by atoms with van der Waals surface area (Å²) >= 11 is 0. The summed E-state index contributed by atoms with van der Waals surface area (Å²) in [5.74, 6) is 1.45. The summed E-state index contributed by atoms with van der Waals surface area (Å²) in [6.45, 7) is 2.83. The van der Waals surface area contributed by atoms with Crippen LogP contribution < -0.4 is 15.4 Å². The van der Waals surface area contributed by atoms with Gasteiger partial charge in [0.2, 0.25) is 5.88 Å². The van der Waals surface area contributed by atoms with Crippen molar-refractivity contribution in [2.75, 3.05) is 27.3 Å². The Kier molecular flexibility index (Phi) is 11.1. The zero-order valence-corrected chi connectivity index (χ0v) is 20.9. The van der Waals surface area contributed by atoms with Gasteiger partial charge < -0.3 is 20.1 Å². The Hall–Kier alpha value is -1.87. The lowest BCUT2D eigenvalue weighted by atomic mass is 9.83. The van der Waals surface area contributed by atoms with E-state index in [2.05, 4.69) is 32.7 Å². The van der Waals surface area contributed by atoms with Crippen LogP contribution in [0, 0.1) is 5.41 Å². The molecule has 0 atom stereocenters. The Morgan fingerprint density at radius 1 is 1.10 bits per heavy atom. The summed E-state index contributed by atoms with van der Waals surface area (Å²) in [5.41, 5.74) is 2.44. The van der Waals surface area contributed by atoms with Gasteiger partial charge in [-0.25, -0.2) is 4.98 Å². The van der Waals surface area contributed by atoms with Crippen molar-refractivity contribution in [2.45, 2.75) is 45.3 Å². The Morgan fingerprint density at radius 3 is 2.58 bits per heavy atom. The standard InChI is InChI=1S/C24H34N4O2.HI/c1-25-23(28-19-24(14-16-29-2)12-6-7-13-24)27-17-21-11-8-15-26-22(21)30-18-20-9-4-3-5-10-20;/h3-5,8-11,15H,6-7,12-14,16-19H2,1-2H3,(H2,25,27,28);1H. The van der Waals surface area contributed by atoms with Crippen LogP contribution in [0.2, 0.25) is 0 Å². The predicted molar refractivity (Wildman–Crippen MR) is 136 cm³/mol. The average Bonchev–Trinajstić information content (AvgIpc) is 3.27. The van der Waals surface area contributed by atoms with Gasteiger partial charge in [-0.05, 0) is 36.3 Å². The molecule has 170 valence electrons. The minimum absolute atomic E-state index is 0. The number of guanidine groups is 1. The van der Waals surface area contributed by atoms with Crippen molar-refractivity contribution in [3.63, 3.8) is 0 Å². The van der Waals surface area contributed by atoms with Gasteiger partial charge in [0.1, 0.15) is 6.61 Å². The summed E-state index contributed by atoms with van der Waals surface area (Å²) in [6, 6.07) is 14.1. The fraction of sp³-hybridized carbons (Fsp3) is 0.500. The van der Waals surface area contributed by atoms with Gasteiger partial charge in [0.25, 0.3) is 0 Å². The molecule has 0 spiro atoms. The van der Waals surface area contributed by atoms with E-state index in [0.717, 1.165) is 36.7 Å². The number of rotatable bonds is 10. The highest BCUT2D eigenvalue weighted by Crippen LogP contribution is 2.40. The van der Waals surface area contributed by atoms with E-state index in [0.29, 0.717) is 24.4 Å². The van der Waals surface area contributed by atoms with E-state index in [1.807, 2.05) is 37.4 Å². The number of ether oxygens (including phenoxy) is 2. The number of halogens is 1. The molecule has 1 aromatic carbocycles. The normalized spacial score (nSPS) is 15.2. The molecule has 0 bridgehead atoms. The molecule has 0 unspecified atom stereocenters. The Labute approximate surface area is 203 Å². The van der Waals surface area contributed by atoms with Gasteiger partial charge in [0.15, 0.2) is 5.96 Å². The maximum absolute atomic E-state index is 5.97. The molecule has 0 saturated heterocycles. The molecular formula is C24H35IN4O2. The minimum atomic E-state index is 0. The fourth-order valence-corrected chi connectivity index (χ4v) is 4.04. The summed E-state index contributed by atoms with van der Waals surface area (Å²) in [4.78, 5) is 8.82. The Balaban J connectivity index is 0.00000341. The van der Waals surface area contributed by atoms with Crippen molar-refractivity contribution in [1.29, 1.82) is 0 Å². The van der Waals surface area contributed by atoms with E-state index in [-0.39, 0.29) is 24.0 Å². The van der Waals surface area contributed by atoms with Crippen LogP contribution >= 0.6 is 24.0 Å². The molecular weight excluding hydrogens is 503 g/mol. The third-order valence-electron chi connectivity index (χ3n) is 5.87.